The molecule has 3 heteroatoms. The Balaban J connectivity index is 2.04. The van der Waals surface area contributed by atoms with Gasteiger partial charge in [-0.3, -0.25) is 4.90 Å². The number of nitrogens with two attached hydrogens (primary N) is 1. The summed E-state index contributed by atoms with van der Waals surface area (Å²) in [6, 6.07) is 10.6. The fraction of sp³-hybridized carbons (Fsp3) is 0.600. The van der Waals surface area contributed by atoms with Crippen LogP contribution in [0.4, 0.5) is 0 Å². The maximum atomic E-state index is 6.02. The molecule has 100 valence electrons. The lowest BCUT2D eigenvalue weighted by Crippen LogP contribution is -2.63. The Labute approximate surface area is 110 Å². The van der Waals surface area contributed by atoms with Crippen LogP contribution in [-0.4, -0.2) is 36.7 Å². The van der Waals surface area contributed by atoms with Gasteiger partial charge in [-0.15, -0.1) is 0 Å². The highest BCUT2D eigenvalue weighted by Gasteiger charge is 2.47. The molecule has 1 fully saturated rings. The van der Waals surface area contributed by atoms with E-state index >= 15 is 0 Å². The van der Waals surface area contributed by atoms with Crippen molar-refractivity contribution in [2.24, 2.45) is 5.73 Å². The maximum Gasteiger partial charge on any atom is 0.0607 e. The molecule has 1 aromatic rings. The Bertz CT molecular complexity index is 360. The van der Waals surface area contributed by atoms with Crippen LogP contribution in [0.15, 0.2) is 30.3 Å². The van der Waals surface area contributed by atoms with E-state index in [2.05, 4.69) is 42.2 Å². The van der Waals surface area contributed by atoms with Crippen LogP contribution in [0.2, 0.25) is 0 Å². The molecule has 0 aromatic heterocycles. The molecule has 1 aromatic carbocycles. The highest BCUT2D eigenvalue weighted by atomic mass is 16.5. The first-order chi connectivity index (χ1) is 8.74. The van der Waals surface area contributed by atoms with Crippen molar-refractivity contribution >= 4 is 0 Å². The first-order valence-corrected chi connectivity index (χ1v) is 6.76. The van der Waals surface area contributed by atoms with E-state index in [1.165, 1.54) is 5.56 Å². The van der Waals surface area contributed by atoms with Crippen LogP contribution < -0.4 is 5.73 Å². The van der Waals surface area contributed by atoms with Crippen molar-refractivity contribution in [1.82, 2.24) is 4.90 Å². The lowest BCUT2D eigenvalue weighted by atomic mass is 9.72. The summed E-state index contributed by atoms with van der Waals surface area (Å²) in [5.74, 6) is 0. The molecule has 0 spiro atoms. The highest BCUT2D eigenvalue weighted by molar-refractivity contribution is 5.16. The number of nitrogens with zero attached hydrogens (tertiary/aromatic N) is 1. The zero-order chi connectivity index (χ0) is 13.0. The summed E-state index contributed by atoms with van der Waals surface area (Å²) in [7, 11) is 1.79. The van der Waals surface area contributed by atoms with E-state index in [4.69, 9.17) is 10.5 Å². The van der Waals surface area contributed by atoms with Crippen LogP contribution in [0.1, 0.15) is 25.3 Å². The van der Waals surface area contributed by atoms with Gasteiger partial charge in [0.25, 0.3) is 0 Å². The average Bonchev–Trinajstić information content (AvgIpc) is 2.38. The second-order valence-corrected chi connectivity index (χ2v) is 5.19. The van der Waals surface area contributed by atoms with Gasteiger partial charge >= 0.3 is 0 Å². The molecule has 3 nitrogen and oxygen atoms in total. The number of likely N-dealkylation sites (N-methyl/N-ethyl adjacent to an activating group) is 1. The second kappa shape index (κ2) is 5.83. The fourth-order valence-corrected chi connectivity index (χ4v) is 2.93. The molecule has 2 N–H and O–H groups in total. The lowest BCUT2D eigenvalue weighted by molar-refractivity contribution is -0.0889. The third-order valence-electron chi connectivity index (χ3n) is 4.20. The molecule has 0 unspecified atom stereocenters. The van der Waals surface area contributed by atoms with E-state index in [0.29, 0.717) is 12.6 Å². The van der Waals surface area contributed by atoms with Crippen molar-refractivity contribution in [3.63, 3.8) is 0 Å². The molecular formula is C15H24N2O. The molecule has 1 aliphatic rings. The third-order valence-corrected chi connectivity index (χ3v) is 4.20. The molecule has 0 radical (unpaired) electrons. The van der Waals surface area contributed by atoms with Crippen LogP contribution in [0.3, 0.4) is 0 Å². The second-order valence-electron chi connectivity index (χ2n) is 5.19. The predicted molar refractivity (Wildman–Crippen MR) is 74.3 cm³/mol. The van der Waals surface area contributed by atoms with Gasteiger partial charge in [0, 0.05) is 25.7 Å². The van der Waals surface area contributed by atoms with Crippen LogP contribution in [-0.2, 0) is 11.3 Å². The van der Waals surface area contributed by atoms with Crippen LogP contribution in [0.25, 0.3) is 0 Å². The minimum Gasteiger partial charge on any atom is -0.381 e. The smallest absolute Gasteiger partial charge is 0.0607 e. The number of hydrogen-bond donors (Lipinski definition) is 1. The van der Waals surface area contributed by atoms with Crippen molar-refractivity contribution in [1.29, 1.82) is 0 Å². The van der Waals surface area contributed by atoms with Crippen LogP contribution >= 0.6 is 0 Å². The molecule has 2 rings (SSSR count). The first kappa shape index (κ1) is 13.5. The monoisotopic (exact) mass is 248 g/mol. The van der Waals surface area contributed by atoms with Gasteiger partial charge in [-0.25, -0.2) is 0 Å². The summed E-state index contributed by atoms with van der Waals surface area (Å²) in [5, 5.41) is 0. The molecule has 0 atom stereocenters. The van der Waals surface area contributed by atoms with E-state index < -0.39 is 0 Å². The van der Waals surface area contributed by atoms with Gasteiger partial charge in [-0.05, 0) is 24.9 Å². The summed E-state index contributed by atoms with van der Waals surface area (Å²) in [6.07, 6.45) is 2.50. The van der Waals surface area contributed by atoms with Crippen LogP contribution in [0.5, 0.6) is 0 Å². The topological polar surface area (TPSA) is 38.5 Å². The Kier molecular flexibility index (Phi) is 4.38. The quantitative estimate of drug-likeness (QED) is 0.837. The van der Waals surface area contributed by atoms with Crippen molar-refractivity contribution in [2.45, 2.75) is 38.0 Å². The summed E-state index contributed by atoms with van der Waals surface area (Å²) in [4.78, 5) is 2.50. The average molecular weight is 248 g/mol. The van der Waals surface area contributed by atoms with Gasteiger partial charge in [0.15, 0.2) is 0 Å². The van der Waals surface area contributed by atoms with E-state index in [9.17, 15) is 0 Å². The largest absolute Gasteiger partial charge is 0.381 e. The van der Waals surface area contributed by atoms with E-state index in [1.54, 1.807) is 7.11 Å². The van der Waals surface area contributed by atoms with Gasteiger partial charge < -0.3 is 10.5 Å². The Morgan fingerprint density at radius 1 is 1.33 bits per heavy atom. The van der Waals surface area contributed by atoms with E-state index in [0.717, 1.165) is 25.9 Å². The first-order valence-electron chi connectivity index (χ1n) is 6.76. The Morgan fingerprint density at radius 3 is 2.50 bits per heavy atom. The van der Waals surface area contributed by atoms with Gasteiger partial charge in [-0.1, -0.05) is 37.3 Å². The predicted octanol–water partition coefficient (Wildman–Crippen LogP) is 2.01. The highest BCUT2D eigenvalue weighted by Crippen LogP contribution is 2.39. The molecule has 0 heterocycles. The van der Waals surface area contributed by atoms with E-state index in [1.807, 2.05) is 0 Å². The summed E-state index contributed by atoms with van der Waals surface area (Å²) in [6.45, 7) is 4.93. The molecular weight excluding hydrogens is 224 g/mol. The van der Waals surface area contributed by atoms with Gasteiger partial charge in [0.05, 0.1) is 6.10 Å². The normalized spacial score (nSPS) is 27.2. The maximum absolute atomic E-state index is 6.02. The van der Waals surface area contributed by atoms with Gasteiger partial charge in [-0.2, -0.15) is 0 Å². The lowest BCUT2D eigenvalue weighted by Gasteiger charge is -2.53. The standard InChI is InChI=1S/C15H24N2O/c1-3-17(11-13-7-5-4-6-8-13)15(12-16)9-14(10-15)18-2/h4-8,14H,3,9-12,16H2,1-2H3. The van der Waals surface area contributed by atoms with Gasteiger partial charge in [0.2, 0.25) is 0 Å². The number of methoxy groups -OCH3 is 1. The molecule has 0 aliphatic heterocycles. The van der Waals surface area contributed by atoms with Crippen molar-refractivity contribution in [3.05, 3.63) is 35.9 Å². The Morgan fingerprint density at radius 2 is 2.00 bits per heavy atom. The molecule has 0 amide bonds. The summed E-state index contributed by atoms with van der Waals surface area (Å²) >= 11 is 0. The zero-order valence-electron chi connectivity index (χ0n) is 11.4. The van der Waals surface area contributed by atoms with Crippen LogP contribution in [0, 0.1) is 0 Å². The SMILES string of the molecule is CCN(Cc1ccccc1)C1(CN)CC(OC)C1. The van der Waals surface area contributed by atoms with Crippen molar-refractivity contribution in [3.8, 4) is 0 Å². The number of benzene rings is 1. The van der Waals surface area contributed by atoms with Crippen molar-refractivity contribution in [2.75, 3.05) is 20.2 Å². The molecule has 0 saturated heterocycles. The van der Waals surface area contributed by atoms with Gasteiger partial charge in [0.1, 0.15) is 0 Å². The number of rotatable bonds is 6. The Hall–Kier alpha value is -0.900. The summed E-state index contributed by atoms with van der Waals surface area (Å²) < 4.78 is 5.41. The minimum absolute atomic E-state index is 0.144. The van der Waals surface area contributed by atoms with E-state index in [-0.39, 0.29) is 5.54 Å². The minimum atomic E-state index is 0.144. The molecule has 0 bridgehead atoms. The molecule has 18 heavy (non-hydrogen) atoms. The fourth-order valence-electron chi connectivity index (χ4n) is 2.93. The van der Waals surface area contributed by atoms with Crippen molar-refractivity contribution < 1.29 is 4.74 Å². The molecule has 1 saturated carbocycles. The summed E-state index contributed by atoms with van der Waals surface area (Å²) in [5.41, 5.74) is 7.52. The number of ether oxygens (including phenoxy) is 1. The number of hydrogen-bond acceptors (Lipinski definition) is 3. The third kappa shape index (κ3) is 2.58. The zero-order valence-corrected chi connectivity index (χ0v) is 11.4. The molecule has 1 aliphatic carbocycles.